The molecule has 1 heterocycles. The van der Waals surface area contributed by atoms with Crippen LogP contribution in [0.2, 0.25) is 0 Å². The van der Waals surface area contributed by atoms with Gasteiger partial charge in [0.1, 0.15) is 0 Å². The van der Waals surface area contributed by atoms with Gasteiger partial charge in [-0.05, 0) is 25.1 Å². The molecule has 1 atom stereocenters. The second kappa shape index (κ2) is 6.07. The van der Waals surface area contributed by atoms with E-state index in [0.29, 0.717) is 25.7 Å². The molecule has 3 N–H and O–H groups in total. The molecule has 0 bridgehead atoms. The molecule has 3 amide bonds. The van der Waals surface area contributed by atoms with Crippen LogP contribution in [0.3, 0.4) is 0 Å². The van der Waals surface area contributed by atoms with Crippen LogP contribution < -0.4 is 15.5 Å². The van der Waals surface area contributed by atoms with Gasteiger partial charge in [-0.2, -0.15) is 13.2 Å². The molecule has 0 saturated carbocycles. The number of urea groups is 1. The van der Waals surface area contributed by atoms with Crippen molar-refractivity contribution in [1.82, 2.24) is 5.32 Å². The number of halogens is 3. The van der Waals surface area contributed by atoms with Crippen LogP contribution in [-0.4, -0.2) is 41.9 Å². The van der Waals surface area contributed by atoms with E-state index in [1.165, 1.54) is 17.0 Å². The van der Waals surface area contributed by atoms with Crippen LogP contribution in [0.15, 0.2) is 24.3 Å². The number of hydrogen-bond donors (Lipinski definition) is 3. The average molecular weight is 331 g/mol. The minimum atomic E-state index is -4.90. The molecular formula is C14H16F3N3O3. The Morgan fingerprint density at radius 1 is 1.43 bits per heavy atom. The standard InChI is InChI=1S/C14H16F3N3O3/c1-13(23,14(15,16)17)8-11(21)19-9-3-2-4-10(7-9)20-6-5-18-12(20)22/h2-4,7,23H,5-6,8H2,1H3,(H,18,22)(H,19,21)/t13-/m1/s1. The lowest BCUT2D eigenvalue weighted by Gasteiger charge is -2.25. The first-order valence-corrected chi connectivity index (χ1v) is 6.84. The van der Waals surface area contributed by atoms with Crippen molar-refractivity contribution in [2.24, 2.45) is 0 Å². The van der Waals surface area contributed by atoms with E-state index in [2.05, 4.69) is 10.6 Å². The third-order valence-corrected chi connectivity index (χ3v) is 3.41. The van der Waals surface area contributed by atoms with Crippen LogP contribution in [0.4, 0.5) is 29.3 Å². The van der Waals surface area contributed by atoms with Crippen LogP contribution in [0, 0.1) is 0 Å². The number of nitrogens with one attached hydrogen (secondary N) is 2. The number of nitrogens with zero attached hydrogens (tertiary/aromatic N) is 1. The predicted molar refractivity (Wildman–Crippen MR) is 77.1 cm³/mol. The molecule has 1 saturated heterocycles. The fourth-order valence-corrected chi connectivity index (χ4v) is 2.09. The summed E-state index contributed by atoms with van der Waals surface area (Å²) in [5, 5.41) is 14.2. The quantitative estimate of drug-likeness (QED) is 0.788. The molecule has 0 spiro atoms. The van der Waals surface area contributed by atoms with Gasteiger partial charge in [0.25, 0.3) is 0 Å². The fourth-order valence-electron chi connectivity index (χ4n) is 2.09. The number of carbonyl (C=O) groups is 2. The van der Waals surface area contributed by atoms with Gasteiger partial charge in [-0.25, -0.2) is 4.79 Å². The molecule has 1 aliphatic heterocycles. The predicted octanol–water partition coefficient (Wildman–Crippen LogP) is 1.86. The van der Waals surface area contributed by atoms with Gasteiger partial charge in [0.15, 0.2) is 5.60 Å². The lowest BCUT2D eigenvalue weighted by molar-refractivity contribution is -0.252. The topological polar surface area (TPSA) is 81.7 Å². The van der Waals surface area contributed by atoms with Crippen LogP contribution in [0.5, 0.6) is 0 Å². The molecule has 1 aromatic carbocycles. The van der Waals surface area contributed by atoms with Crippen LogP contribution in [0.25, 0.3) is 0 Å². The number of carbonyl (C=O) groups excluding carboxylic acids is 2. The lowest BCUT2D eigenvalue weighted by Crippen LogP contribution is -2.44. The molecule has 9 heteroatoms. The van der Waals surface area contributed by atoms with Gasteiger partial charge in [0.2, 0.25) is 5.91 Å². The highest BCUT2D eigenvalue weighted by Gasteiger charge is 2.50. The van der Waals surface area contributed by atoms with Crippen molar-refractivity contribution < 1.29 is 27.9 Å². The Labute approximate surface area is 130 Å². The van der Waals surface area contributed by atoms with Crippen LogP contribution in [0.1, 0.15) is 13.3 Å². The van der Waals surface area contributed by atoms with Gasteiger partial charge < -0.3 is 15.7 Å². The number of alkyl halides is 3. The highest BCUT2D eigenvalue weighted by atomic mass is 19.4. The van der Waals surface area contributed by atoms with E-state index in [4.69, 9.17) is 0 Å². The molecule has 1 aromatic rings. The van der Waals surface area contributed by atoms with Gasteiger partial charge in [-0.1, -0.05) is 6.07 Å². The summed E-state index contributed by atoms with van der Waals surface area (Å²) >= 11 is 0. The van der Waals surface area contributed by atoms with E-state index >= 15 is 0 Å². The van der Waals surface area contributed by atoms with Crippen molar-refractivity contribution >= 4 is 23.3 Å². The third-order valence-electron chi connectivity index (χ3n) is 3.41. The molecule has 2 rings (SSSR count). The highest BCUT2D eigenvalue weighted by Crippen LogP contribution is 2.33. The average Bonchev–Trinajstić information content (AvgIpc) is 2.83. The van der Waals surface area contributed by atoms with Crippen molar-refractivity contribution in [3.63, 3.8) is 0 Å². The zero-order chi connectivity index (χ0) is 17.3. The molecule has 0 aromatic heterocycles. The summed E-state index contributed by atoms with van der Waals surface area (Å²) < 4.78 is 37.7. The van der Waals surface area contributed by atoms with Crippen molar-refractivity contribution in [3.05, 3.63) is 24.3 Å². The summed E-state index contributed by atoms with van der Waals surface area (Å²) in [5.74, 6) is -0.977. The Balaban J connectivity index is 2.06. The largest absolute Gasteiger partial charge is 0.417 e. The van der Waals surface area contributed by atoms with Crippen molar-refractivity contribution in [1.29, 1.82) is 0 Å². The van der Waals surface area contributed by atoms with Crippen molar-refractivity contribution in [3.8, 4) is 0 Å². The highest BCUT2D eigenvalue weighted by molar-refractivity contribution is 5.96. The molecule has 0 unspecified atom stereocenters. The number of hydrogen-bond acceptors (Lipinski definition) is 3. The van der Waals surface area contributed by atoms with E-state index in [1.54, 1.807) is 12.1 Å². The summed E-state index contributed by atoms with van der Waals surface area (Å²) in [6, 6.07) is 5.89. The summed E-state index contributed by atoms with van der Waals surface area (Å²) in [5.41, 5.74) is -2.35. The van der Waals surface area contributed by atoms with Gasteiger partial charge in [-0.3, -0.25) is 9.69 Å². The van der Waals surface area contributed by atoms with E-state index in [9.17, 15) is 27.9 Å². The fraction of sp³-hybridized carbons (Fsp3) is 0.429. The molecule has 23 heavy (non-hydrogen) atoms. The molecule has 126 valence electrons. The second-order valence-electron chi connectivity index (χ2n) is 5.43. The first-order chi connectivity index (χ1) is 10.6. The number of benzene rings is 1. The summed E-state index contributed by atoms with van der Waals surface area (Å²) in [6.45, 7) is 1.49. The van der Waals surface area contributed by atoms with Gasteiger partial charge in [-0.15, -0.1) is 0 Å². The zero-order valence-electron chi connectivity index (χ0n) is 12.3. The van der Waals surface area contributed by atoms with E-state index in [1.807, 2.05) is 0 Å². The van der Waals surface area contributed by atoms with Crippen molar-refractivity contribution in [2.75, 3.05) is 23.3 Å². The number of aliphatic hydroxyl groups is 1. The first-order valence-electron chi connectivity index (χ1n) is 6.84. The third kappa shape index (κ3) is 3.92. The monoisotopic (exact) mass is 331 g/mol. The first kappa shape index (κ1) is 17.1. The summed E-state index contributed by atoms with van der Waals surface area (Å²) in [6.07, 6.45) is -6.02. The number of rotatable bonds is 4. The van der Waals surface area contributed by atoms with Gasteiger partial charge in [0, 0.05) is 24.5 Å². The minimum absolute atomic E-state index is 0.241. The number of amides is 3. The molecule has 6 nitrogen and oxygen atoms in total. The summed E-state index contributed by atoms with van der Waals surface area (Å²) in [7, 11) is 0. The Morgan fingerprint density at radius 2 is 2.13 bits per heavy atom. The normalized spacial score (nSPS) is 17.6. The van der Waals surface area contributed by atoms with E-state index in [-0.39, 0.29) is 11.7 Å². The van der Waals surface area contributed by atoms with Gasteiger partial charge in [0.05, 0.1) is 6.42 Å². The zero-order valence-corrected chi connectivity index (χ0v) is 12.3. The Bertz CT molecular complexity index is 617. The smallest absolute Gasteiger partial charge is 0.380 e. The molecule has 1 fully saturated rings. The molecule has 0 aliphatic carbocycles. The molecular weight excluding hydrogens is 315 g/mol. The Morgan fingerprint density at radius 3 is 2.70 bits per heavy atom. The maximum absolute atomic E-state index is 12.6. The maximum Gasteiger partial charge on any atom is 0.417 e. The van der Waals surface area contributed by atoms with Gasteiger partial charge >= 0.3 is 12.2 Å². The van der Waals surface area contributed by atoms with Crippen molar-refractivity contribution in [2.45, 2.75) is 25.1 Å². The Kier molecular flexibility index (Phi) is 4.51. The lowest BCUT2D eigenvalue weighted by atomic mass is 10.0. The minimum Gasteiger partial charge on any atom is -0.380 e. The van der Waals surface area contributed by atoms with E-state index < -0.39 is 24.1 Å². The summed E-state index contributed by atoms with van der Waals surface area (Å²) in [4.78, 5) is 24.7. The maximum atomic E-state index is 12.6. The second-order valence-corrected chi connectivity index (χ2v) is 5.43. The Hall–Kier alpha value is -2.29. The van der Waals surface area contributed by atoms with E-state index in [0.717, 1.165) is 0 Å². The van der Waals surface area contributed by atoms with Crippen LogP contribution >= 0.6 is 0 Å². The number of anilines is 2. The molecule has 0 radical (unpaired) electrons. The molecule has 1 aliphatic rings. The van der Waals surface area contributed by atoms with Crippen LogP contribution in [-0.2, 0) is 4.79 Å². The SMILES string of the molecule is C[C@@](O)(CC(=O)Nc1cccc(N2CCNC2=O)c1)C(F)(F)F.